The summed E-state index contributed by atoms with van der Waals surface area (Å²) < 4.78 is 16.9. The van der Waals surface area contributed by atoms with Crippen LogP contribution in [-0.2, 0) is 28.6 Å². The van der Waals surface area contributed by atoms with Gasteiger partial charge in [0.15, 0.2) is 6.10 Å². The van der Waals surface area contributed by atoms with E-state index in [2.05, 4.69) is 57.2 Å². The summed E-state index contributed by atoms with van der Waals surface area (Å²) in [6.45, 7) is 6.57. The van der Waals surface area contributed by atoms with Gasteiger partial charge in [-0.3, -0.25) is 14.4 Å². The molecule has 0 aromatic rings. The molecule has 0 radical (unpaired) electrons. The van der Waals surface area contributed by atoms with Crippen molar-refractivity contribution in [2.75, 3.05) is 13.2 Å². The molecule has 0 amide bonds. The number of carbonyl (C=O) groups excluding carboxylic acids is 3. The van der Waals surface area contributed by atoms with Gasteiger partial charge in [-0.05, 0) is 51.4 Å². The molecule has 0 saturated carbocycles. The van der Waals surface area contributed by atoms with Crippen molar-refractivity contribution in [3.8, 4) is 0 Å². The fraction of sp³-hybridized carbons (Fsp3) is 0.852. The molecule has 0 aromatic heterocycles. The number of hydrogen-bond acceptors (Lipinski definition) is 6. The van der Waals surface area contributed by atoms with Crippen LogP contribution < -0.4 is 0 Å². The highest BCUT2D eigenvalue weighted by molar-refractivity contribution is 5.71. The van der Waals surface area contributed by atoms with E-state index in [-0.39, 0.29) is 31.1 Å². The first-order chi connectivity index (χ1) is 33.0. The topological polar surface area (TPSA) is 78.9 Å². The molecule has 6 heteroatoms. The molecule has 0 aliphatic carbocycles. The maximum atomic E-state index is 12.9. The van der Waals surface area contributed by atoms with Gasteiger partial charge in [-0.2, -0.15) is 0 Å². The van der Waals surface area contributed by atoms with E-state index in [9.17, 15) is 14.4 Å². The number of carbonyl (C=O) groups is 3. The summed E-state index contributed by atoms with van der Waals surface area (Å²) in [5, 5.41) is 0. The van der Waals surface area contributed by atoms with Crippen LogP contribution in [0.4, 0.5) is 0 Å². The zero-order valence-corrected chi connectivity index (χ0v) is 44.9. The average molecular weight is 942 g/mol. The summed E-state index contributed by atoms with van der Waals surface area (Å²) in [6, 6.07) is 0. The monoisotopic (exact) mass is 941 g/mol. The minimum absolute atomic E-state index is 0.0712. The highest BCUT2D eigenvalue weighted by Gasteiger charge is 2.19. The molecular weight excluding hydrogens is 829 g/mol. The van der Waals surface area contributed by atoms with E-state index in [1.165, 1.54) is 193 Å². The van der Waals surface area contributed by atoms with E-state index in [1.54, 1.807) is 0 Å². The Labute approximate surface area is 416 Å². The van der Waals surface area contributed by atoms with E-state index < -0.39 is 6.10 Å². The SMILES string of the molecule is CC/C=C\C/C=C\C/C=C\CCCCCCCCCC(=O)OC(COC(=O)CCCCCCCCCCCCCCC)COC(=O)CCCCCCCCCCCCCCCCCCCCC. The molecule has 392 valence electrons. The maximum absolute atomic E-state index is 12.9. The minimum Gasteiger partial charge on any atom is -0.462 e. The first-order valence-corrected chi connectivity index (χ1v) is 29.5. The first-order valence-electron chi connectivity index (χ1n) is 29.5. The van der Waals surface area contributed by atoms with E-state index in [4.69, 9.17) is 14.2 Å². The summed E-state index contributed by atoms with van der Waals surface area (Å²) in [5.41, 5.74) is 0. The zero-order valence-electron chi connectivity index (χ0n) is 44.9. The Hall–Kier alpha value is -2.37. The Balaban J connectivity index is 4.31. The second-order valence-corrected chi connectivity index (χ2v) is 19.9. The minimum atomic E-state index is -0.773. The maximum Gasteiger partial charge on any atom is 0.306 e. The lowest BCUT2D eigenvalue weighted by Crippen LogP contribution is -2.30. The van der Waals surface area contributed by atoms with Crippen molar-refractivity contribution in [1.82, 2.24) is 0 Å². The van der Waals surface area contributed by atoms with Crippen LogP contribution in [0.2, 0.25) is 0 Å². The summed E-state index contributed by atoms with van der Waals surface area (Å²) in [7, 11) is 0. The molecule has 1 unspecified atom stereocenters. The number of unbranched alkanes of at least 4 members (excludes halogenated alkanes) is 37. The van der Waals surface area contributed by atoms with Crippen molar-refractivity contribution < 1.29 is 28.6 Å². The average Bonchev–Trinajstić information content (AvgIpc) is 3.33. The molecule has 67 heavy (non-hydrogen) atoms. The van der Waals surface area contributed by atoms with Gasteiger partial charge in [-0.15, -0.1) is 0 Å². The van der Waals surface area contributed by atoms with Crippen LogP contribution >= 0.6 is 0 Å². The van der Waals surface area contributed by atoms with Crippen molar-refractivity contribution in [3.63, 3.8) is 0 Å². The lowest BCUT2D eigenvalue weighted by atomic mass is 10.0. The third kappa shape index (κ3) is 54.4. The standard InChI is InChI=1S/C61H112O6/c1-4-7-10-13-16-19-22-25-27-29-30-32-33-36-39-42-45-48-51-54-60(63)66-57-58(56-65-59(62)53-50-47-44-41-38-35-24-21-18-15-12-9-6-3)67-61(64)55-52-49-46-43-40-37-34-31-28-26-23-20-17-14-11-8-5-2/h8,11,17,20,26,28,58H,4-7,9-10,12-16,18-19,21-25,27,29-57H2,1-3H3/b11-8-,20-17-,28-26-. The molecule has 0 saturated heterocycles. The number of esters is 3. The predicted octanol–water partition coefficient (Wildman–Crippen LogP) is 19.7. The fourth-order valence-electron chi connectivity index (χ4n) is 8.75. The lowest BCUT2D eigenvalue weighted by Gasteiger charge is -2.18. The van der Waals surface area contributed by atoms with E-state index in [0.29, 0.717) is 19.3 Å². The fourth-order valence-corrected chi connectivity index (χ4v) is 8.75. The molecule has 0 spiro atoms. The molecule has 0 aliphatic heterocycles. The molecule has 0 aromatic carbocycles. The van der Waals surface area contributed by atoms with E-state index in [0.717, 1.165) is 83.5 Å². The quantitative estimate of drug-likeness (QED) is 0.0262. The highest BCUT2D eigenvalue weighted by atomic mass is 16.6. The van der Waals surface area contributed by atoms with Gasteiger partial charge in [0, 0.05) is 19.3 Å². The van der Waals surface area contributed by atoms with Gasteiger partial charge in [0.1, 0.15) is 13.2 Å². The number of hydrogen-bond donors (Lipinski definition) is 0. The normalized spacial score (nSPS) is 12.2. The van der Waals surface area contributed by atoms with Gasteiger partial charge in [0.25, 0.3) is 0 Å². The Morgan fingerprint density at radius 2 is 0.582 bits per heavy atom. The number of rotatable bonds is 54. The van der Waals surface area contributed by atoms with Crippen LogP contribution in [-0.4, -0.2) is 37.2 Å². The Kier molecular flexibility index (Phi) is 54.2. The summed E-state index contributed by atoms with van der Waals surface area (Å²) in [5.74, 6) is -0.860. The third-order valence-electron chi connectivity index (χ3n) is 13.2. The zero-order chi connectivity index (χ0) is 48.6. The van der Waals surface area contributed by atoms with E-state index in [1.807, 2.05) is 0 Å². The van der Waals surface area contributed by atoms with Crippen molar-refractivity contribution in [2.45, 2.75) is 322 Å². The van der Waals surface area contributed by atoms with Gasteiger partial charge < -0.3 is 14.2 Å². The Morgan fingerprint density at radius 3 is 0.910 bits per heavy atom. The van der Waals surface area contributed by atoms with Crippen molar-refractivity contribution >= 4 is 17.9 Å². The smallest absolute Gasteiger partial charge is 0.306 e. The van der Waals surface area contributed by atoms with Gasteiger partial charge in [-0.25, -0.2) is 0 Å². The molecule has 0 heterocycles. The molecule has 0 N–H and O–H groups in total. The number of allylic oxidation sites excluding steroid dienone is 6. The molecular formula is C61H112O6. The molecule has 0 rings (SSSR count). The van der Waals surface area contributed by atoms with Gasteiger partial charge in [0.2, 0.25) is 0 Å². The van der Waals surface area contributed by atoms with Crippen molar-refractivity contribution in [2.24, 2.45) is 0 Å². The lowest BCUT2D eigenvalue weighted by molar-refractivity contribution is -0.167. The number of ether oxygens (including phenoxy) is 3. The third-order valence-corrected chi connectivity index (χ3v) is 13.2. The van der Waals surface area contributed by atoms with Crippen LogP contribution in [0.5, 0.6) is 0 Å². The molecule has 0 fully saturated rings. The molecule has 6 nitrogen and oxygen atoms in total. The van der Waals surface area contributed by atoms with Gasteiger partial charge in [-0.1, -0.05) is 282 Å². The second-order valence-electron chi connectivity index (χ2n) is 19.9. The summed E-state index contributed by atoms with van der Waals surface area (Å²) >= 11 is 0. The summed E-state index contributed by atoms with van der Waals surface area (Å²) in [4.78, 5) is 38.2. The van der Waals surface area contributed by atoms with Crippen LogP contribution in [0.15, 0.2) is 36.5 Å². The van der Waals surface area contributed by atoms with Gasteiger partial charge in [0.05, 0.1) is 0 Å². The second kappa shape index (κ2) is 56.2. The first kappa shape index (κ1) is 64.6. The highest BCUT2D eigenvalue weighted by Crippen LogP contribution is 2.17. The molecule has 1 atom stereocenters. The van der Waals surface area contributed by atoms with Crippen molar-refractivity contribution in [1.29, 1.82) is 0 Å². The van der Waals surface area contributed by atoms with Crippen LogP contribution in [0, 0.1) is 0 Å². The van der Waals surface area contributed by atoms with Crippen LogP contribution in [0.1, 0.15) is 316 Å². The predicted molar refractivity (Wildman–Crippen MR) is 289 cm³/mol. The Bertz CT molecular complexity index is 1130. The van der Waals surface area contributed by atoms with Crippen LogP contribution in [0.25, 0.3) is 0 Å². The molecule has 0 bridgehead atoms. The Morgan fingerprint density at radius 1 is 0.313 bits per heavy atom. The van der Waals surface area contributed by atoms with E-state index >= 15 is 0 Å². The largest absolute Gasteiger partial charge is 0.462 e. The van der Waals surface area contributed by atoms with Crippen LogP contribution in [0.3, 0.4) is 0 Å². The van der Waals surface area contributed by atoms with Crippen molar-refractivity contribution in [3.05, 3.63) is 36.5 Å². The van der Waals surface area contributed by atoms with Gasteiger partial charge >= 0.3 is 17.9 Å². The summed E-state index contributed by atoms with van der Waals surface area (Å²) in [6.07, 6.45) is 67.1. The molecule has 0 aliphatic rings.